The lowest BCUT2D eigenvalue weighted by atomic mass is 9.98. The molecule has 2 aromatic heterocycles. The van der Waals surface area contributed by atoms with E-state index >= 15 is 0 Å². The van der Waals surface area contributed by atoms with Gasteiger partial charge < -0.3 is 10.2 Å². The number of carbonyl (C=O) groups excluding carboxylic acids is 1. The SMILES string of the molecule is CCn1nnc2c(N3CC(C(=O)NC4CCCCCC4)C3)ncnc21. The second kappa shape index (κ2) is 6.93. The third-order valence-corrected chi connectivity index (χ3v) is 5.33. The van der Waals surface area contributed by atoms with Crippen LogP contribution in [0.1, 0.15) is 45.4 Å². The van der Waals surface area contributed by atoms with Crippen LogP contribution in [0.25, 0.3) is 11.2 Å². The Bertz CT molecular complexity index is 745. The molecule has 0 bridgehead atoms. The molecule has 4 rings (SSSR count). The van der Waals surface area contributed by atoms with Crippen LogP contribution in [-0.4, -0.2) is 50.0 Å². The molecule has 134 valence electrons. The number of amides is 1. The molecule has 8 heteroatoms. The average molecular weight is 343 g/mol. The molecular formula is C17H25N7O. The second-order valence-corrected chi connectivity index (χ2v) is 7.07. The molecule has 0 aromatic carbocycles. The molecule has 0 radical (unpaired) electrons. The predicted molar refractivity (Wildman–Crippen MR) is 94.1 cm³/mol. The fraction of sp³-hybridized carbons (Fsp3) is 0.706. The van der Waals surface area contributed by atoms with E-state index in [0.717, 1.165) is 30.9 Å². The number of hydrogen-bond acceptors (Lipinski definition) is 6. The molecule has 0 unspecified atom stereocenters. The van der Waals surface area contributed by atoms with Crippen LogP contribution in [0.3, 0.4) is 0 Å². The highest BCUT2D eigenvalue weighted by atomic mass is 16.2. The molecule has 1 saturated carbocycles. The van der Waals surface area contributed by atoms with Crippen molar-refractivity contribution >= 4 is 22.9 Å². The molecule has 1 amide bonds. The van der Waals surface area contributed by atoms with E-state index in [1.165, 1.54) is 25.7 Å². The van der Waals surface area contributed by atoms with Gasteiger partial charge in [0, 0.05) is 25.7 Å². The average Bonchev–Trinajstić information content (AvgIpc) is 2.83. The van der Waals surface area contributed by atoms with Gasteiger partial charge in [0.2, 0.25) is 5.91 Å². The van der Waals surface area contributed by atoms with Gasteiger partial charge in [0.05, 0.1) is 5.92 Å². The van der Waals surface area contributed by atoms with E-state index in [4.69, 9.17) is 0 Å². The summed E-state index contributed by atoms with van der Waals surface area (Å²) in [5, 5.41) is 11.6. The van der Waals surface area contributed by atoms with Gasteiger partial charge in [0.15, 0.2) is 17.0 Å². The topological polar surface area (TPSA) is 88.8 Å². The highest BCUT2D eigenvalue weighted by Gasteiger charge is 2.35. The van der Waals surface area contributed by atoms with Crippen LogP contribution in [0.2, 0.25) is 0 Å². The van der Waals surface area contributed by atoms with Gasteiger partial charge in [-0.1, -0.05) is 30.9 Å². The minimum absolute atomic E-state index is 0.0366. The van der Waals surface area contributed by atoms with E-state index in [-0.39, 0.29) is 11.8 Å². The van der Waals surface area contributed by atoms with Crippen LogP contribution >= 0.6 is 0 Å². The van der Waals surface area contributed by atoms with Gasteiger partial charge >= 0.3 is 0 Å². The largest absolute Gasteiger partial charge is 0.353 e. The summed E-state index contributed by atoms with van der Waals surface area (Å²) in [6, 6.07) is 0.360. The number of carbonyl (C=O) groups is 1. The molecule has 1 N–H and O–H groups in total. The zero-order valence-electron chi connectivity index (χ0n) is 14.7. The van der Waals surface area contributed by atoms with Crippen LogP contribution in [-0.2, 0) is 11.3 Å². The van der Waals surface area contributed by atoms with E-state index in [1.807, 2.05) is 6.92 Å². The summed E-state index contributed by atoms with van der Waals surface area (Å²) < 4.78 is 1.76. The van der Waals surface area contributed by atoms with Gasteiger partial charge in [0.1, 0.15) is 6.33 Å². The van der Waals surface area contributed by atoms with Crippen molar-refractivity contribution in [1.29, 1.82) is 0 Å². The minimum atomic E-state index is 0.0366. The second-order valence-electron chi connectivity index (χ2n) is 7.07. The first-order chi connectivity index (χ1) is 12.3. The van der Waals surface area contributed by atoms with Crippen LogP contribution in [0.15, 0.2) is 6.33 Å². The lowest BCUT2D eigenvalue weighted by molar-refractivity contribution is -0.126. The molecule has 2 aliphatic rings. The van der Waals surface area contributed by atoms with Crippen molar-refractivity contribution in [2.75, 3.05) is 18.0 Å². The Labute approximate surface area is 147 Å². The van der Waals surface area contributed by atoms with Gasteiger partial charge in [-0.3, -0.25) is 4.79 Å². The smallest absolute Gasteiger partial charge is 0.226 e. The van der Waals surface area contributed by atoms with E-state index in [1.54, 1.807) is 11.0 Å². The fourth-order valence-corrected chi connectivity index (χ4v) is 3.78. The van der Waals surface area contributed by atoms with Gasteiger partial charge in [-0.25, -0.2) is 14.6 Å². The van der Waals surface area contributed by atoms with Crippen molar-refractivity contribution in [2.45, 2.75) is 58.0 Å². The monoisotopic (exact) mass is 343 g/mol. The Morgan fingerprint density at radius 3 is 2.68 bits per heavy atom. The Kier molecular flexibility index (Phi) is 4.50. The maximum Gasteiger partial charge on any atom is 0.226 e. The molecule has 0 atom stereocenters. The van der Waals surface area contributed by atoms with Gasteiger partial charge in [-0.05, 0) is 19.8 Å². The van der Waals surface area contributed by atoms with Gasteiger partial charge in [-0.2, -0.15) is 0 Å². The molecule has 1 aliphatic carbocycles. The van der Waals surface area contributed by atoms with Crippen molar-refractivity contribution in [2.24, 2.45) is 5.92 Å². The summed E-state index contributed by atoms with van der Waals surface area (Å²) >= 11 is 0. The van der Waals surface area contributed by atoms with E-state index in [2.05, 4.69) is 30.5 Å². The highest BCUT2D eigenvalue weighted by Crippen LogP contribution is 2.28. The normalized spacial score (nSPS) is 19.6. The summed E-state index contributed by atoms with van der Waals surface area (Å²) in [7, 11) is 0. The third kappa shape index (κ3) is 3.17. The zero-order valence-corrected chi connectivity index (χ0v) is 14.7. The minimum Gasteiger partial charge on any atom is -0.353 e. The van der Waals surface area contributed by atoms with Gasteiger partial charge in [0.25, 0.3) is 0 Å². The molecule has 1 aliphatic heterocycles. The number of nitrogens with zero attached hydrogens (tertiary/aromatic N) is 6. The lowest BCUT2D eigenvalue weighted by Crippen LogP contribution is -2.55. The molecule has 2 aromatic rings. The van der Waals surface area contributed by atoms with E-state index in [0.29, 0.717) is 24.6 Å². The molecule has 25 heavy (non-hydrogen) atoms. The Morgan fingerprint density at radius 2 is 1.96 bits per heavy atom. The van der Waals surface area contributed by atoms with E-state index in [9.17, 15) is 4.79 Å². The fourth-order valence-electron chi connectivity index (χ4n) is 3.78. The molecule has 1 saturated heterocycles. The van der Waals surface area contributed by atoms with Gasteiger partial charge in [-0.15, -0.1) is 5.10 Å². The van der Waals surface area contributed by atoms with Crippen LogP contribution in [0.5, 0.6) is 0 Å². The van der Waals surface area contributed by atoms with E-state index < -0.39 is 0 Å². The number of rotatable bonds is 4. The van der Waals surface area contributed by atoms with Crippen molar-refractivity contribution in [1.82, 2.24) is 30.3 Å². The molecule has 0 spiro atoms. The molecule has 2 fully saturated rings. The number of anilines is 1. The van der Waals surface area contributed by atoms with Crippen molar-refractivity contribution in [3.05, 3.63) is 6.33 Å². The Hall–Kier alpha value is -2.25. The standard InChI is InChI=1S/C17H25N7O/c1-2-24-16-14(21-22-24)15(18-11-19-16)23-9-12(10-23)17(25)20-13-7-5-3-4-6-8-13/h11-13H,2-10H2,1H3,(H,20,25). The Morgan fingerprint density at radius 1 is 1.20 bits per heavy atom. The summed E-state index contributed by atoms with van der Waals surface area (Å²) in [6.07, 6.45) is 8.84. The Balaban J connectivity index is 1.38. The van der Waals surface area contributed by atoms with Crippen molar-refractivity contribution < 1.29 is 4.79 Å². The zero-order chi connectivity index (χ0) is 17.2. The maximum atomic E-state index is 12.5. The van der Waals surface area contributed by atoms with Crippen molar-refractivity contribution in [3.8, 4) is 0 Å². The first-order valence-electron chi connectivity index (χ1n) is 9.35. The number of aryl methyl sites for hydroxylation is 1. The quantitative estimate of drug-likeness (QED) is 0.847. The van der Waals surface area contributed by atoms with Crippen LogP contribution in [0, 0.1) is 5.92 Å². The summed E-state index contributed by atoms with van der Waals surface area (Å²) in [6.45, 7) is 4.10. The lowest BCUT2D eigenvalue weighted by Gasteiger charge is -2.39. The number of aromatic nitrogens is 5. The first kappa shape index (κ1) is 16.2. The first-order valence-corrected chi connectivity index (χ1v) is 9.35. The number of hydrogen-bond donors (Lipinski definition) is 1. The number of nitrogens with one attached hydrogen (secondary N) is 1. The predicted octanol–water partition coefficient (Wildman–Crippen LogP) is 1.52. The molecule has 8 nitrogen and oxygen atoms in total. The van der Waals surface area contributed by atoms with Crippen LogP contribution < -0.4 is 10.2 Å². The summed E-state index contributed by atoms with van der Waals surface area (Å²) in [5.41, 5.74) is 1.46. The molecular weight excluding hydrogens is 318 g/mol. The van der Waals surface area contributed by atoms with Crippen molar-refractivity contribution in [3.63, 3.8) is 0 Å². The number of fused-ring (bicyclic) bond motifs is 1. The highest BCUT2D eigenvalue weighted by molar-refractivity contribution is 5.86. The third-order valence-electron chi connectivity index (χ3n) is 5.33. The summed E-state index contributed by atoms with van der Waals surface area (Å²) in [5.74, 6) is 1.00. The summed E-state index contributed by atoms with van der Waals surface area (Å²) in [4.78, 5) is 23.2. The molecule has 3 heterocycles. The maximum absolute atomic E-state index is 12.5. The van der Waals surface area contributed by atoms with Crippen LogP contribution in [0.4, 0.5) is 5.82 Å².